The van der Waals surface area contributed by atoms with Gasteiger partial charge in [0.2, 0.25) is 0 Å². The van der Waals surface area contributed by atoms with Crippen molar-refractivity contribution in [2.45, 2.75) is 18.8 Å². The molecule has 1 aliphatic carbocycles. The van der Waals surface area contributed by atoms with E-state index in [1.165, 1.54) is 23.9 Å². The Morgan fingerprint density at radius 3 is 2.93 bits per heavy atom. The largest absolute Gasteiger partial charge is 0.397 e. The number of rotatable bonds is 1. The van der Waals surface area contributed by atoms with Crippen molar-refractivity contribution < 1.29 is 0 Å². The predicted molar refractivity (Wildman–Crippen MR) is 57.1 cm³/mol. The molecule has 72 valence electrons. The summed E-state index contributed by atoms with van der Waals surface area (Å²) in [5.41, 5.74) is 8.98. The van der Waals surface area contributed by atoms with E-state index >= 15 is 0 Å². The fourth-order valence-electron chi connectivity index (χ4n) is 2.10. The fraction of sp³-hybridized carbons (Fsp3) is 0.364. The van der Waals surface area contributed by atoms with Gasteiger partial charge in [-0.1, -0.05) is 12.1 Å². The van der Waals surface area contributed by atoms with Gasteiger partial charge in [-0.25, -0.2) is 0 Å². The van der Waals surface area contributed by atoms with Crippen LogP contribution in [0.1, 0.15) is 24.5 Å². The molecule has 0 unspecified atom stereocenters. The van der Waals surface area contributed by atoms with E-state index in [0.29, 0.717) is 5.92 Å². The summed E-state index contributed by atoms with van der Waals surface area (Å²) >= 11 is 0. The Kier molecular flexibility index (Phi) is 1.40. The van der Waals surface area contributed by atoms with Gasteiger partial charge in [0.15, 0.2) is 0 Å². The first-order valence-electron chi connectivity index (χ1n) is 4.98. The van der Waals surface area contributed by atoms with Gasteiger partial charge in [-0.2, -0.15) is 5.10 Å². The molecular formula is C11H13N3. The molecule has 0 saturated heterocycles. The average Bonchev–Trinajstić information content (AvgIpc) is 2.91. The van der Waals surface area contributed by atoms with Gasteiger partial charge in [0.25, 0.3) is 0 Å². The Morgan fingerprint density at radius 1 is 1.43 bits per heavy atom. The average molecular weight is 187 g/mol. The van der Waals surface area contributed by atoms with Crippen molar-refractivity contribution in [3.8, 4) is 0 Å². The van der Waals surface area contributed by atoms with Crippen LogP contribution in [0.3, 0.4) is 0 Å². The number of nitrogen functional groups attached to an aromatic ring is 1. The van der Waals surface area contributed by atoms with E-state index in [4.69, 9.17) is 5.73 Å². The minimum absolute atomic E-state index is 0.715. The zero-order valence-corrected chi connectivity index (χ0v) is 8.20. The number of nitrogens with zero attached hydrogens (tertiary/aromatic N) is 2. The van der Waals surface area contributed by atoms with Gasteiger partial charge in [0, 0.05) is 24.0 Å². The van der Waals surface area contributed by atoms with E-state index in [2.05, 4.69) is 11.2 Å². The highest BCUT2D eigenvalue weighted by Crippen LogP contribution is 2.43. The van der Waals surface area contributed by atoms with Crippen LogP contribution in [0.25, 0.3) is 10.9 Å². The van der Waals surface area contributed by atoms with Gasteiger partial charge >= 0.3 is 0 Å². The number of hydrogen-bond donors (Lipinski definition) is 1. The Hall–Kier alpha value is -1.51. The molecule has 1 aromatic carbocycles. The third-order valence-electron chi connectivity index (χ3n) is 2.91. The van der Waals surface area contributed by atoms with Crippen molar-refractivity contribution in [2.24, 2.45) is 7.05 Å². The van der Waals surface area contributed by atoms with E-state index in [9.17, 15) is 0 Å². The molecule has 3 heteroatoms. The molecular weight excluding hydrogens is 174 g/mol. The smallest absolute Gasteiger partial charge is 0.115 e. The number of anilines is 1. The minimum Gasteiger partial charge on any atom is -0.397 e. The molecule has 0 radical (unpaired) electrons. The lowest BCUT2D eigenvalue weighted by molar-refractivity contribution is 0.724. The zero-order valence-electron chi connectivity index (χ0n) is 8.20. The second kappa shape index (κ2) is 2.50. The van der Waals surface area contributed by atoms with Gasteiger partial charge in [-0.05, 0) is 18.9 Å². The molecule has 3 rings (SSSR count). The van der Waals surface area contributed by atoms with Crippen molar-refractivity contribution in [3.63, 3.8) is 0 Å². The van der Waals surface area contributed by atoms with Crippen LogP contribution in [-0.4, -0.2) is 9.78 Å². The third-order valence-corrected chi connectivity index (χ3v) is 2.91. The molecule has 0 aliphatic heterocycles. The molecule has 2 N–H and O–H groups in total. The summed E-state index contributed by atoms with van der Waals surface area (Å²) in [6.07, 6.45) is 2.59. The minimum atomic E-state index is 0.715. The lowest BCUT2D eigenvalue weighted by Gasteiger charge is -1.98. The van der Waals surface area contributed by atoms with Crippen LogP contribution in [0.15, 0.2) is 18.2 Å². The summed E-state index contributed by atoms with van der Waals surface area (Å²) in [5, 5.41) is 5.70. The van der Waals surface area contributed by atoms with Gasteiger partial charge in [-0.3, -0.25) is 4.68 Å². The number of aryl methyl sites for hydroxylation is 1. The fourth-order valence-corrected chi connectivity index (χ4v) is 2.10. The molecule has 2 aromatic rings. The quantitative estimate of drug-likeness (QED) is 0.694. The standard InChI is InChI=1S/C11H13N3/c1-14-11(7-5-6-7)8-3-2-4-9(12)10(8)13-14/h2-4,7H,5-6,12H2,1H3. The molecule has 1 aromatic heterocycles. The number of aromatic nitrogens is 2. The molecule has 0 amide bonds. The van der Waals surface area contributed by atoms with Gasteiger partial charge in [0.1, 0.15) is 5.52 Å². The number of nitrogens with two attached hydrogens (primary N) is 1. The van der Waals surface area contributed by atoms with E-state index in [0.717, 1.165) is 11.2 Å². The maximum atomic E-state index is 5.88. The third kappa shape index (κ3) is 0.953. The maximum Gasteiger partial charge on any atom is 0.115 e. The SMILES string of the molecule is Cn1nc2c(N)cccc2c1C1CC1. The highest BCUT2D eigenvalue weighted by Gasteiger charge is 2.29. The van der Waals surface area contributed by atoms with Gasteiger partial charge in [-0.15, -0.1) is 0 Å². The Bertz CT molecular complexity index is 494. The normalized spacial score (nSPS) is 16.4. The van der Waals surface area contributed by atoms with Crippen LogP contribution < -0.4 is 5.73 Å². The number of benzene rings is 1. The van der Waals surface area contributed by atoms with Gasteiger partial charge < -0.3 is 5.73 Å². The summed E-state index contributed by atoms with van der Waals surface area (Å²) in [6, 6.07) is 6.03. The first kappa shape index (κ1) is 7.85. The van der Waals surface area contributed by atoms with Crippen molar-refractivity contribution in [1.82, 2.24) is 9.78 Å². The van der Waals surface area contributed by atoms with E-state index in [1.807, 2.05) is 23.9 Å². The molecule has 0 atom stereocenters. The Labute approximate surface area is 82.5 Å². The number of fused-ring (bicyclic) bond motifs is 1. The molecule has 1 fully saturated rings. The summed E-state index contributed by atoms with van der Waals surface area (Å²) in [6.45, 7) is 0. The van der Waals surface area contributed by atoms with E-state index < -0.39 is 0 Å². The zero-order chi connectivity index (χ0) is 9.71. The first-order chi connectivity index (χ1) is 6.77. The molecule has 0 bridgehead atoms. The summed E-state index contributed by atoms with van der Waals surface area (Å²) in [7, 11) is 2.01. The monoisotopic (exact) mass is 187 g/mol. The number of hydrogen-bond acceptors (Lipinski definition) is 2. The van der Waals surface area contributed by atoms with Crippen molar-refractivity contribution in [2.75, 3.05) is 5.73 Å². The predicted octanol–water partition coefficient (Wildman–Crippen LogP) is 2.03. The van der Waals surface area contributed by atoms with Crippen LogP contribution >= 0.6 is 0 Å². The highest BCUT2D eigenvalue weighted by molar-refractivity contribution is 5.91. The van der Waals surface area contributed by atoms with Gasteiger partial charge in [0.05, 0.1) is 5.69 Å². The Morgan fingerprint density at radius 2 is 2.21 bits per heavy atom. The van der Waals surface area contributed by atoms with E-state index in [1.54, 1.807) is 0 Å². The van der Waals surface area contributed by atoms with Crippen LogP contribution in [0, 0.1) is 0 Å². The topological polar surface area (TPSA) is 43.8 Å². The molecule has 1 saturated carbocycles. The highest BCUT2D eigenvalue weighted by atomic mass is 15.3. The summed E-state index contributed by atoms with van der Waals surface area (Å²) < 4.78 is 1.98. The lowest BCUT2D eigenvalue weighted by atomic mass is 10.1. The van der Waals surface area contributed by atoms with Crippen molar-refractivity contribution in [1.29, 1.82) is 0 Å². The van der Waals surface area contributed by atoms with Crippen LogP contribution in [0.2, 0.25) is 0 Å². The Balaban J connectivity index is 2.37. The molecule has 1 aliphatic rings. The van der Waals surface area contributed by atoms with Crippen LogP contribution in [0.4, 0.5) is 5.69 Å². The first-order valence-corrected chi connectivity index (χ1v) is 4.98. The summed E-state index contributed by atoms with van der Waals surface area (Å²) in [5.74, 6) is 0.715. The van der Waals surface area contributed by atoms with Crippen molar-refractivity contribution >= 4 is 16.6 Å². The molecule has 3 nitrogen and oxygen atoms in total. The molecule has 1 heterocycles. The molecule has 14 heavy (non-hydrogen) atoms. The second-order valence-corrected chi connectivity index (χ2v) is 4.03. The van der Waals surface area contributed by atoms with Crippen molar-refractivity contribution in [3.05, 3.63) is 23.9 Å². The second-order valence-electron chi connectivity index (χ2n) is 4.03. The summed E-state index contributed by atoms with van der Waals surface area (Å²) in [4.78, 5) is 0. The van der Waals surface area contributed by atoms with Crippen LogP contribution in [0.5, 0.6) is 0 Å². The maximum absolute atomic E-state index is 5.88. The lowest BCUT2D eigenvalue weighted by Crippen LogP contribution is -1.95. The van der Waals surface area contributed by atoms with E-state index in [-0.39, 0.29) is 0 Å². The molecule has 0 spiro atoms. The van der Waals surface area contributed by atoms with Crippen LogP contribution in [-0.2, 0) is 7.05 Å².